The lowest BCUT2D eigenvalue weighted by atomic mass is 10.2. The third-order valence-corrected chi connectivity index (χ3v) is 3.74. The molecule has 2 N–H and O–H groups in total. The van der Waals surface area contributed by atoms with Crippen molar-refractivity contribution >= 4 is 17.4 Å². The van der Waals surface area contributed by atoms with Gasteiger partial charge in [0.1, 0.15) is 5.82 Å². The van der Waals surface area contributed by atoms with E-state index in [1.54, 1.807) is 17.8 Å². The molecule has 1 unspecified atom stereocenters. The first kappa shape index (κ1) is 9.80. The van der Waals surface area contributed by atoms with Crippen LogP contribution in [0.4, 0.5) is 10.1 Å². The van der Waals surface area contributed by atoms with Gasteiger partial charge in [-0.1, -0.05) is 0 Å². The van der Waals surface area contributed by atoms with Crippen molar-refractivity contribution in [1.82, 2.24) is 0 Å². The fourth-order valence-corrected chi connectivity index (χ4v) is 2.90. The second-order valence-electron chi connectivity index (χ2n) is 3.42. The van der Waals surface area contributed by atoms with Crippen molar-refractivity contribution in [3.8, 4) is 0 Å². The summed E-state index contributed by atoms with van der Waals surface area (Å²) in [6, 6.07) is 5.26. The molecular weight excluding hydrogens is 199 g/mol. The number of thioether (sulfide) groups is 1. The average molecular weight is 212 g/mol. The van der Waals surface area contributed by atoms with Gasteiger partial charge in [-0.2, -0.15) is 0 Å². The Morgan fingerprint density at radius 1 is 1.64 bits per heavy atom. The van der Waals surface area contributed by atoms with Crippen LogP contribution in [0, 0.1) is 5.82 Å². The Balaban J connectivity index is 2.36. The highest BCUT2D eigenvalue weighted by atomic mass is 32.2. The molecule has 1 aliphatic heterocycles. The monoisotopic (exact) mass is 212 g/mol. The fraction of sp³-hybridized carbons (Fsp3) is 0.400. The molecule has 76 valence electrons. The van der Waals surface area contributed by atoms with E-state index in [0.29, 0.717) is 12.6 Å². The van der Waals surface area contributed by atoms with Crippen LogP contribution in [0.2, 0.25) is 0 Å². The van der Waals surface area contributed by atoms with E-state index >= 15 is 0 Å². The van der Waals surface area contributed by atoms with E-state index in [0.717, 1.165) is 16.3 Å². The van der Waals surface area contributed by atoms with E-state index < -0.39 is 0 Å². The largest absolute Gasteiger partial charge is 0.369 e. The first-order valence-corrected chi connectivity index (χ1v) is 5.56. The minimum absolute atomic E-state index is 0.171. The minimum atomic E-state index is -0.171. The van der Waals surface area contributed by atoms with Crippen molar-refractivity contribution in [2.75, 3.05) is 24.2 Å². The lowest BCUT2D eigenvalue weighted by Crippen LogP contribution is -2.42. The molecule has 0 saturated heterocycles. The van der Waals surface area contributed by atoms with Gasteiger partial charge >= 0.3 is 0 Å². The zero-order chi connectivity index (χ0) is 10.1. The van der Waals surface area contributed by atoms with E-state index in [2.05, 4.69) is 4.90 Å². The van der Waals surface area contributed by atoms with Gasteiger partial charge in [0.05, 0.1) is 11.7 Å². The molecular formula is C10H13FN2S. The smallest absolute Gasteiger partial charge is 0.124 e. The highest BCUT2D eigenvalue weighted by Crippen LogP contribution is 2.36. The predicted octanol–water partition coefficient (Wildman–Crippen LogP) is 1.69. The van der Waals surface area contributed by atoms with E-state index in [1.165, 1.54) is 6.07 Å². The summed E-state index contributed by atoms with van der Waals surface area (Å²) in [6.45, 7) is 0.639. The van der Waals surface area contributed by atoms with E-state index in [1.807, 2.05) is 13.1 Å². The van der Waals surface area contributed by atoms with Gasteiger partial charge in [0.2, 0.25) is 0 Å². The van der Waals surface area contributed by atoms with Gasteiger partial charge in [0.15, 0.2) is 0 Å². The molecule has 1 heterocycles. The van der Waals surface area contributed by atoms with Gasteiger partial charge < -0.3 is 10.6 Å². The first-order chi connectivity index (χ1) is 6.72. The summed E-state index contributed by atoms with van der Waals surface area (Å²) in [5, 5.41) is 0. The van der Waals surface area contributed by atoms with Crippen molar-refractivity contribution in [3.05, 3.63) is 24.0 Å². The first-order valence-electron chi connectivity index (χ1n) is 4.57. The summed E-state index contributed by atoms with van der Waals surface area (Å²) in [5.41, 5.74) is 6.73. The van der Waals surface area contributed by atoms with Crippen molar-refractivity contribution in [2.45, 2.75) is 10.9 Å². The van der Waals surface area contributed by atoms with Crippen molar-refractivity contribution in [1.29, 1.82) is 0 Å². The SMILES string of the molecule is CN1c2ccc(F)cc2SCC1CN. The topological polar surface area (TPSA) is 29.3 Å². The number of fused-ring (bicyclic) bond motifs is 1. The molecule has 1 aromatic carbocycles. The molecule has 2 nitrogen and oxygen atoms in total. The molecule has 0 bridgehead atoms. The average Bonchev–Trinajstić information content (AvgIpc) is 2.18. The highest BCUT2D eigenvalue weighted by molar-refractivity contribution is 7.99. The summed E-state index contributed by atoms with van der Waals surface area (Å²) >= 11 is 1.68. The zero-order valence-electron chi connectivity index (χ0n) is 8.03. The Morgan fingerprint density at radius 2 is 2.43 bits per heavy atom. The Labute approximate surface area is 87.3 Å². The summed E-state index contributed by atoms with van der Waals surface area (Å²) in [6.07, 6.45) is 0. The molecule has 0 saturated carbocycles. The Bertz CT molecular complexity index is 343. The molecule has 1 aromatic rings. The molecule has 0 amide bonds. The summed E-state index contributed by atoms with van der Waals surface area (Å²) in [5.74, 6) is 0.763. The lowest BCUT2D eigenvalue weighted by Gasteiger charge is -2.34. The number of nitrogens with zero attached hydrogens (tertiary/aromatic N) is 1. The second kappa shape index (κ2) is 3.79. The Hall–Kier alpha value is -0.740. The van der Waals surface area contributed by atoms with Crippen LogP contribution in [0.25, 0.3) is 0 Å². The molecule has 0 fully saturated rings. The van der Waals surface area contributed by atoms with Gasteiger partial charge in [0, 0.05) is 24.2 Å². The molecule has 1 aliphatic rings. The number of hydrogen-bond donors (Lipinski definition) is 1. The summed E-state index contributed by atoms with van der Waals surface area (Å²) in [4.78, 5) is 3.14. The molecule has 0 radical (unpaired) electrons. The molecule has 0 aromatic heterocycles. The number of benzene rings is 1. The van der Waals surface area contributed by atoms with Crippen LogP contribution in [0.3, 0.4) is 0 Å². The molecule has 2 rings (SSSR count). The summed E-state index contributed by atoms with van der Waals surface area (Å²) in [7, 11) is 2.01. The van der Waals surface area contributed by atoms with Crippen molar-refractivity contribution < 1.29 is 4.39 Å². The number of nitrogens with two attached hydrogens (primary N) is 1. The summed E-state index contributed by atoms with van der Waals surface area (Å²) < 4.78 is 12.9. The van der Waals surface area contributed by atoms with E-state index in [4.69, 9.17) is 5.73 Å². The van der Waals surface area contributed by atoms with Gasteiger partial charge in [0.25, 0.3) is 0 Å². The fourth-order valence-electron chi connectivity index (χ4n) is 1.62. The number of rotatable bonds is 1. The molecule has 1 atom stereocenters. The minimum Gasteiger partial charge on any atom is -0.369 e. The van der Waals surface area contributed by atoms with Crippen LogP contribution in [-0.2, 0) is 0 Å². The van der Waals surface area contributed by atoms with Gasteiger partial charge in [-0.15, -0.1) is 11.8 Å². The predicted molar refractivity (Wildman–Crippen MR) is 58.4 cm³/mol. The van der Waals surface area contributed by atoms with E-state index in [-0.39, 0.29) is 5.82 Å². The van der Waals surface area contributed by atoms with Crippen LogP contribution >= 0.6 is 11.8 Å². The van der Waals surface area contributed by atoms with Crippen LogP contribution in [-0.4, -0.2) is 25.4 Å². The van der Waals surface area contributed by atoms with Crippen LogP contribution < -0.4 is 10.6 Å². The number of halogens is 1. The highest BCUT2D eigenvalue weighted by Gasteiger charge is 2.22. The molecule has 0 aliphatic carbocycles. The van der Waals surface area contributed by atoms with Gasteiger partial charge in [-0.3, -0.25) is 0 Å². The van der Waals surface area contributed by atoms with Crippen molar-refractivity contribution in [2.24, 2.45) is 5.73 Å². The lowest BCUT2D eigenvalue weighted by molar-refractivity contribution is 0.620. The maximum absolute atomic E-state index is 12.9. The quantitative estimate of drug-likeness (QED) is 0.768. The number of anilines is 1. The van der Waals surface area contributed by atoms with Gasteiger partial charge in [-0.25, -0.2) is 4.39 Å². The maximum atomic E-state index is 12.9. The molecule has 4 heteroatoms. The van der Waals surface area contributed by atoms with Crippen molar-refractivity contribution in [3.63, 3.8) is 0 Å². The standard InChI is InChI=1S/C10H13FN2S/c1-13-8(5-12)6-14-10-4-7(11)2-3-9(10)13/h2-4,8H,5-6,12H2,1H3. The van der Waals surface area contributed by atoms with Crippen LogP contribution in [0.1, 0.15) is 0 Å². The second-order valence-corrected chi connectivity index (χ2v) is 4.49. The third-order valence-electron chi connectivity index (χ3n) is 2.55. The third kappa shape index (κ3) is 1.60. The zero-order valence-corrected chi connectivity index (χ0v) is 8.85. The normalized spacial score (nSPS) is 20.8. The van der Waals surface area contributed by atoms with Crippen LogP contribution in [0.15, 0.2) is 23.1 Å². The molecule has 14 heavy (non-hydrogen) atoms. The maximum Gasteiger partial charge on any atom is 0.124 e. The molecule has 0 spiro atoms. The number of likely N-dealkylation sites (N-methyl/N-ethyl adjacent to an activating group) is 1. The number of hydrogen-bond acceptors (Lipinski definition) is 3. The van der Waals surface area contributed by atoms with E-state index in [9.17, 15) is 4.39 Å². The van der Waals surface area contributed by atoms with Gasteiger partial charge in [-0.05, 0) is 18.2 Å². The Kier molecular flexibility index (Phi) is 2.65. The van der Waals surface area contributed by atoms with Crippen LogP contribution in [0.5, 0.6) is 0 Å². The Morgan fingerprint density at radius 3 is 3.14 bits per heavy atom.